The van der Waals surface area contributed by atoms with E-state index in [1.807, 2.05) is 0 Å². The Morgan fingerprint density at radius 2 is 1.89 bits per heavy atom. The quantitative estimate of drug-likeness (QED) is 0.800. The maximum absolute atomic E-state index is 11.4. The molecule has 5 nitrogen and oxygen atoms in total. The lowest BCUT2D eigenvalue weighted by molar-refractivity contribution is -0.171. The van der Waals surface area contributed by atoms with Gasteiger partial charge in [-0.1, -0.05) is 6.42 Å². The van der Waals surface area contributed by atoms with Crippen LogP contribution in [0.5, 0.6) is 0 Å². The molecular formula is C13H23NO4. The minimum atomic E-state index is -0.912. The smallest absolute Gasteiger partial charge is 0.335 e. The van der Waals surface area contributed by atoms with E-state index in [2.05, 4.69) is 4.90 Å². The molecule has 104 valence electrons. The molecule has 0 spiro atoms. The summed E-state index contributed by atoms with van der Waals surface area (Å²) >= 11 is 0. The zero-order chi connectivity index (χ0) is 12.8. The standard InChI is InChI=1S/C13H23NO4/c15-12(16)13(4-2-1-3-5-13)18-11-8-14-6-9-17-10-7-14/h1-11H2,(H,15,16). The van der Waals surface area contributed by atoms with E-state index < -0.39 is 11.6 Å². The van der Waals surface area contributed by atoms with Crippen LogP contribution in [0.25, 0.3) is 0 Å². The van der Waals surface area contributed by atoms with Crippen molar-refractivity contribution >= 4 is 5.97 Å². The summed E-state index contributed by atoms with van der Waals surface area (Å²) in [4.78, 5) is 13.7. The third-order valence-corrected chi connectivity index (χ3v) is 3.94. The predicted molar refractivity (Wildman–Crippen MR) is 66.7 cm³/mol. The van der Waals surface area contributed by atoms with Crippen LogP contribution in [0.1, 0.15) is 32.1 Å². The van der Waals surface area contributed by atoms with Crippen LogP contribution in [-0.4, -0.2) is 61.0 Å². The zero-order valence-electron chi connectivity index (χ0n) is 10.9. The van der Waals surface area contributed by atoms with E-state index in [1.54, 1.807) is 0 Å². The minimum absolute atomic E-state index is 0.506. The van der Waals surface area contributed by atoms with Crippen LogP contribution in [0.3, 0.4) is 0 Å². The summed E-state index contributed by atoms with van der Waals surface area (Å²) < 4.78 is 11.0. The molecule has 18 heavy (non-hydrogen) atoms. The molecule has 0 bridgehead atoms. The van der Waals surface area contributed by atoms with Gasteiger partial charge in [-0.25, -0.2) is 4.79 Å². The molecule has 0 unspecified atom stereocenters. The molecule has 1 aliphatic carbocycles. The van der Waals surface area contributed by atoms with Crippen molar-refractivity contribution in [1.29, 1.82) is 0 Å². The van der Waals surface area contributed by atoms with Gasteiger partial charge < -0.3 is 14.6 Å². The Labute approximate surface area is 108 Å². The first-order valence-electron chi connectivity index (χ1n) is 6.90. The van der Waals surface area contributed by atoms with Gasteiger partial charge in [-0.3, -0.25) is 4.90 Å². The van der Waals surface area contributed by atoms with E-state index >= 15 is 0 Å². The number of ether oxygens (including phenoxy) is 2. The maximum Gasteiger partial charge on any atom is 0.335 e. The number of morpholine rings is 1. The molecule has 1 heterocycles. The van der Waals surface area contributed by atoms with Crippen molar-refractivity contribution in [3.05, 3.63) is 0 Å². The Hall–Kier alpha value is -0.650. The second-order valence-electron chi connectivity index (χ2n) is 5.16. The number of nitrogens with zero attached hydrogens (tertiary/aromatic N) is 1. The summed E-state index contributed by atoms with van der Waals surface area (Å²) in [7, 11) is 0. The van der Waals surface area contributed by atoms with Gasteiger partial charge in [0.1, 0.15) is 0 Å². The Morgan fingerprint density at radius 1 is 1.22 bits per heavy atom. The molecule has 0 aromatic carbocycles. The van der Waals surface area contributed by atoms with Crippen LogP contribution in [-0.2, 0) is 14.3 Å². The van der Waals surface area contributed by atoms with Gasteiger partial charge >= 0.3 is 5.97 Å². The van der Waals surface area contributed by atoms with Gasteiger partial charge in [0.2, 0.25) is 0 Å². The highest BCUT2D eigenvalue weighted by molar-refractivity contribution is 5.77. The summed E-state index contributed by atoms with van der Waals surface area (Å²) in [6, 6.07) is 0. The van der Waals surface area contributed by atoms with Crippen molar-refractivity contribution in [2.45, 2.75) is 37.7 Å². The van der Waals surface area contributed by atoms with Crippen LogP contribution in [0.4, 0.5) is 0 Å². The fourth-order valence-electron chi connectivity index (χ4n) is 2.74. The average Bonchev–Trinajstić information content (AvgIpc) is 2.41. The summed E-state index contributed by atoms with van der Waals surface area (Å²) in [6.07, 6.45) is 4.37. The lowest BCUT2D eigenvalue weighted by atomic mass is 9.85. The summed E-state index contributed by atoms with van der Waals surface area (Å²) in [5.41, 5.74) is -0.912. The van der Waals surface area contributed by atoms with Gasteiger partial charge in [-0.15, -0.1) is 0 Å². The largest absolute Gasteiger partial charge is 0.479 e. The van der Waals surface area contributed by atoms with Crippen molar-refractivity contribution < 1.29 is 19.4 Å². The van der Waals surface area contributed by atoms with Gasteiger partial charge in [0, 0.05) is 19.6 Å². The maximum atomic E-state index is 11.4. The molecule has 2 rings (SSSR count). The zero-order valence-corrected chi connectivity index (χ0v) is 10.9. The van der Waals surface area contributed by atoms with E-state index in [9.17, 15) is 9.90 Å². The van der Waals surface area contributed by atoms with E-state index in [0.29, 0.717) is 19.4 Å². The number of hydrogen-bond donors (Lipinski definition) is 1. The van der Waals surface area contributed by atoms with Crippen molar-refractivity contribution in [3.63, 3.8) is 0 Å². The van der Waals surface area contributed by atoms with Crippen LogP contribution in [0, 0.1) is 0 Å². The topological polar surface area (TPSA) is 59.0 Å². The highest BCUT2D eigenvalue weighted by Gasteiger charge is 2.40. The third-order valence-electron chi connectivity index (χ3n) is 3.94. The minimum Gasteiger partial charge on any atom is -0.479 e. The van der Waals surface area contributed by atoms with Crippen LogP contribution in [0.15, 0.2) is 0 Å². The van der Waals surface area contributed by atoms with Gasteiger partial charge in [-0.2, -0.15) is 0 Å². The molecule has 0 atom stereocenters. The monoisotopic (exact) mass is 257 g/mol. The van der Waals surface area contributed by atoms with E-state index in [-0.39, 0.29) is 0 Å². The van der Waals surface area contributed by atoms with Crippen molar-refractivity contribution in [2.24, 2.45) is 0 Å². The van der Waals surface area contributed by atoms with Gasteiger partial charge in [0.05, 0.1) is 19.8 Å². The molecule has 1 saturated heterocycles. The number of carboxylic acids is 1. The number of carbonyl (C=O) groups is 1. The number of hydrogen-bond acceptors (Lipinski definition) is 4. The SMILES string of the molecule is O=C(O)C1(OCCN2CCOCC2)CCCCC1. The van der Waals surface area contributed by atoms with Gasteiger partial charge in [0.25, 0.3) is 0 Å². The summed E-state index contributed by atoms with van der Waals surface area (Å²) in [5.74, 6) is -0.788. The first-order valence-corrected chi connectivity index (χ1v) is 6.90. The van der Waals surface area contributed by atoms with Crippen molar-refractivity contribution in [3.8, 4) is 0 Å². The number of rotatable bonds is 5. The number of carboxylic acid groups (broad SMARTS) is 1. The molecule has 1 saturated carbocycles. The molecule has 2 fully saturated rings. The van der Waals surface area contributed by atoms with Crippen LogP contribution in [0.2, 0.25) is 0 Å². The Bertz CT molecular complexity index is 270. The molecule has 0 aromatic rings. The summed E-state index contributed by atoms with van der Waals surface area (Å²) in [6.45, 7) is 4.69. The Morgan fingerprint density at radius 3 is 2.50 bits per heavy atom. The van der Waals surface area contributed by atoms with E-state index in [1.165, 1.54) is 0 Å². The first-order chi connectivity index (χ1) is 8.73. The highest BCUT2D eigenvalue weighted by atomic mass is 16.5. The molecular weight excluding hydrogens is 234 g/mol. The lowest BCUT2D eigenvalue weighted by Crippen LogP contribution is -2.46. The highest BCUT2D eigenvalue weighted by Crippen LogP contribution is 2.31. The van der Waals surface area contributed by atoms with Crippen molar-refractivity contribution in [1.82, 2.24) is 4.90 Å². The predicted octanol–water partition coefficient (Wildman–Crippen LogP) is 1.12. The van der Waals surface area contributed by atoms with Crippen LogP contribution < -0.4 is 0 Å². The Balaban J connectivity index is 1.76. The molecule has 0 aromatic heterocycles. The lowest BCUT2D eigenvalue weighted by Gasteiger charge is -2.34. The fourth-order valence-corrected chi connectivity index (χ4v) is 2.74. The molecule has 1 N–H and O–H groups in total. The number of aliphatic carboxylic acids is 1. The second-order valence-corrected chi connectivity index (χ2v) is 5.16. The van der Waals surface area contributed by atoms with Gasteiger partial charge in [0.15, 0.2) is 5.60 Å². The third kappa shape index (κ3) is 3.43. The van der Waals surface area contributed by atoms with Gasteiger partial charge in [-0.05, 0) is 25.7 Å². The molecule has 0 radical (unpaired) electrons. The Kier molecular flexibility index (Phi) is 4.97. The molecule has 1 aliphatic heterocycles. The fraction of sp³-hybridized carbons (Fsp3) is 0.923. The van der Waals surface area contributed by atoms with E-state index in [0.717, 1.165) is 52.1 Å². The first kappa shape index (κ1) is 13.8. The normalized spacial score (nSPS) is 24.9. The second kappa shape index (κ2) is 6.50. The summed E-state index contributed by atoms with van der Waals surface area (Å²) in [5, 5.41) is 9.37. The van der Waals surface area contributed by atoms with Crippen LogP contribution >= 0.6 is 0 Å². The van der Waals surface area contributed by atoms with Crippen molar-refractivity contribution in [2.75, 3.05) is 39.5 Å². The molecule has 2 aliphatic rings. The molecule has 5 heteroatoms. The average molecular weight is 257 g/mol. The van der Waals surface area contributed by atoms with E-state index in [4.69, 9.17) is 9.47 Å². The molecule has 0 amide bonds.